The Labute approximate surface area is 147 Å². The zero-order chi connectivity index (χ0) is 17.2. The summed E-state index contributed by atoms with van der Waals surface area (Å²) in [6.07, 6.45) is 5.83. The number of hydrogen-bond donors (Lipinski definition) is 0. The average Bonchev–Trinajstić information content (AvgIpc) is 3.24. The number of carbonyl (C=O) groups excluding carboxylic acids is 1. The molecule has 4 heterocycles. The van der Waals surface area contributed by atoms with Gasteiger partial charge in [0.05, 0.1) is 5.56 Å². The molecule has 1 unspecified atom stereocenters. The third-order valence-electron chi connectivity index (χ3n) is 5.02. The molecular formula is C18H23N5O2. The smallest absolute Gasteiger partial charge is 0.259 e. The standard InChI is InChI=1S/C18H23N5O2/c1-13-20-18(25-21-13)15-6-7-16(19-10-15)22-8-2-4-14(11-22)12-23-9-3-5-17(23)24/h6-7,10,14H,2-5,8-9,11-12H2,1H3. The van der Waals surface area contributed by atoms with E-state index in [1.54, 1.807) is 13.1 Å². The molecule has 2 aromatic heterocycles. The van der Waals surface area contributed by atoms with Crippen LogP contribution in [0.25, 0.3) is 11.5 Å². The fraction of sp³-hybridized carbons (Fsp3) is 0.556. The number of aromatic nitrogens is 3. The summed E-state index contributed by atoms with van der Waals surface area (Å²) in [5.74, 6) is 2.93. The van der Waals surface area contributed by atoms with Crippen molar-refractivity contribution in [3.05, 3.63) is 24.2 Å². The molecule has 132 valence electrons. The van der Waals surface area contributed by atoms with Crippen molar-refractivity contribution < 1.29 is 9.32 Å². The van der Waals surface area contributed by atoms with Gasteiger partial charge in [0.15, 0.2) is 5.82 Å². The third-order valence-corrected chi connectivity index (χ3v) is 5.02. The molecule has 4 rings (SSSR count). The van der Waals surface area contributed by atoms with Gasteiger partial charge in [-0.05, 0) is 44.2 Å². The first-order valence-corrected chi connectivity index (χ1v) is 8.98. The SMILES string of the molecule is Cc1noc(-c2ccc(N3CCCC(CN4CCCC4=O)C3)nc2)n1. The van der Waals surface area contributed by atoms with E-state index >= 15 is 0 Å². The molecule has 25 heavy (non-hydrogen) atoms. The number of nitrogens with zero attached hydrogens (tertiary/aromatic N) is 5. The predicted octanol–water partition coefficient (Wildman–Crippen LogP) is 2.28. The molecule has 0 saturated carbocycles. The second kappa shape index (κ2) is 6.82. The minimum atomic E-state index is 0.314. The van der Waals surface area contributed by atoms with E-state index in [-0.39, 0.29) is 0 Å². The van der Waals surface area contributed by atoms with Gasteiger partial charge in [-0.15, -0.1) is 0 Å². The fourth-order valence-corrected chi connectivity index (χ4v) is 3.74. The lowest BCUT2D eigenvalue weighted by Crippen LogP contribution is -2.41. The van der Waals surface area contributed by atoms with E-state index in [9.17, 15) is 4.79 Å². The van der Waals surface area contributed by atoms with Gasteiger partial charge in [0, 0.05) is 38.8 Å². The fourth-order valence-electron chi connectivity index (χ4n) is 3.74. The van der Waals surface area contributed by atoms with Gasteiger partial charge in [-0.2, -0.15) is 4.98 Å². The highest BCUT2D eigenvalue weighted by Crippen LogP contribution is 2.25. The second-order valence-corrected chi connectivity index (χ2v) is 6.95. The van der Waals surface area contributed by atoms with Gasteiger partial charge in [-0.3, -0.25) is 4.79 Å². The lowest BCUT2D eigenvalue weighted by Gasteiger charge is -2.35. The first-order chi connectivity index (χ1) is 12.2. The minimum absolute atomic E-state index is 0.314. The van der Waals surface area contributed by atoms with Crippen LogP contribution in [0.15, 0.2) is 22.9 Å². The molecule has 1 atom stereocenters. The Hall–Kier alpha value is -2.44. The summed E-state index contributed by atoms with van der Waals surface area (Å²) in [4.78, 5) is 25.0. The molecule has 2 aliphatic rings. The van der Waals surface area contributed by atoms with Crippen LogP contribution in [-0.2, 0) is 4.79 Å². The molecule has 0 bridgehead atoms. The lowest BCUT2D eigenvalue weighted by atomic mass is 9.97. The number of piperidine rings is 1. The van der Waals surface area contributed by atoms with Crippen molar-refractivity contribution in [3.8, 4) is 11.5 Å². The molecule has 0 spiro atoms. The van der Waals surface area contributed by atoms with Crippen LogP contribution in [0.2, 0.25) is 0 Å². The number of carbonyl (C=O) groups is 1. The maximum absolute atomic E-state index is 11.9. The monoisotopic (exact) mass is 341 g/mol. The second-order valence-electron chi connectivity index (χ2n) is 6.95. The molecule has 0 aromatic carbocycles. The van der Waals surface area contributed by atoms with Crippen LogP contribution in [0.1, 0.15) is 31.5 Å². The molecule has 0 radical (unpaired) electrons. The van der Waals surface area contributed by atoms with E-state index in [4.69, 9.17) is 4.52 Å². The highest BCUT2D eigenvalue weighted by Gasteiger charge is 2.27. The normalized spacial score (nSPS) is 21.2. The average molecular weight is 341 g/mol. The summed E-state index contributed by atoms with van der Waals surface area (Å²) in [6.45, 7) is 5.57. The number of likely N-dealkylation sites (tertiary alicyclic amines) is 1. The van der Waals surface area contributed by atoms with Gasteiger partial charge in [-0.25, -0.2) is 4.98 Å². The zero-order valence-corrected chi connectivity index (χ0v) is 14.5. The van der Waals surface area contributed by atoms with Crippen molar-refractivity contribution in [2.75, 3.05) is 31.1 Å². The van der Waals surface area contributed by atoms with Crippen molar-refractivity contribution >= 4 is 11.7 Å². The number of anilines is 1. The molecule has 2 saturated heterocycles. The lowest BCUT2D eigenvalue weighted by molar-refractivity contribution is -0.128. The molecule has 0 aliphatic carbocycles. The summed E-state index contributed by atoms with van der Waals surface area (Å²) in [5.41, 5.74) is 0.834. The topological polar surface area (TPSA) is 75.4 Å². The van der Waals surface area contributed by atoms with Gasteiger partial charge in [0.2, 0.25) is 5.91 Å². The van der Waals surface area contributed by atoms with Gasteiger partial charge in [-0.1, -0.05) is 5.16 Å². The van der Waals surface area contributed by atoms with Crippen LogP contribution >= 0.6 is 0 Å². The first kappa shape index (κ1) is 16.1. The Morgan fingerprint density at radius 1 is 1.28 bits per heavy atom. The van der Waals surface area contributed by atoms with Crippen LogP contribution in [-0.4, -0.2) is 52.1 Å². The van der Waals surface area contributed by atoms with E-state index in [1.165, 1.54) is 6.42 Å². The number of rotatable bonds is 4. The van der Waals surface area contributed by atoms with Crippen molar-refractivity contribution in [1.82, 2.24) is 20.0 Å². The van der Waals surface area contributed by atoms with E-state index in [1.807, 2.05) is 17.0 Å². The molecule has 1 amide bonds. The summed E-state index contributed by atoms with van der Waals surface area (Å²) in [5, 5.41) is 3.81. The molecular weight excluding hydrogens is 318 g/mol. The highest BCUT2D eigenvalue weighted by molar-refractivity contribution is 5.78. The largest absolute Gasteiger partial charge is 0.356 e. The number of amides is 1. The summed E-state index contributed by atoms with van der Waals surface area (Å²) >= 11 is 0. The number of hydrogen-bond acceptors (Lipinski definition) is 6. The maximum Gasteiger partial charge on any atom is 0.259 e. The molecule has 2 fully saturated rings. The Morgan fingerprint density at radius 2 is 2.20 bits per heavy atom. The van der Waals surface area contributed by atoms with Crippen LogP contribution in [0, 0.1) is 12.8 Å². The Kier molecular flexibility index (Phi) is 4.38. The van der Waals surface area contributed by atoms with Crippen molar-refractivity contribution in [3.63, 3.8) is 0 Å². The Morgan fingerprint density at radius 3 is 2.88 bits per heavy atom. The Bertz CT molecular complexity index is 742. The maximum atomic E-state index is 11.9. The van der Waals surface area contributed by atoms with E-state index < -0.39 is 0 Å². The highest BCUT2D eigenvalue weighted by atomic mass is 16.5. The van der Waals surface area contributed by atoms with Crippen molar-refractivity contribution in [1.29, 1.82) is 0 Å². The summed E-state index contributed by atoms with van der Waals surface area (Å²) < 4.78 is 5.19. The number of aryl methyl sites for hydroxylation is 1. The first-order valence-electron chi connectivity index (χ1n) is 8.98. The quantitative estimate of drug-likeness (QED) is 0.849. The van der Waals surface area contributed by atoms with E-state index in [2.05, 4.69) is 20.0 Å². The molecule has 7 nitrogen and oxygen atoms in total. The minimum Gasteiger partial charge on any atom is -0.356 e. The van der Waals surface area contributed by atoms with Crippen LogP contribution in [0.4, 0.5) is 5.82 Å². The third kappa shape index (κ3) is 3.50. The zero-order valence-electron chi connectivity index (χ0n) is 14.5. The van der Waals surface area contributed by atoms with Gasteiger partial charge >= 0.3 is 0 Å². The molecule has 2 aromatic rings. The van der Waals surface area contributed by atoms with Crippen molar-refractivity contribution in [2.24, 2.45) is 5.92 Å². The van der Waals surface area contributed by atoms with Crippen LogP contribution in [0.3, 0.4) is 0 Å². The summed E-state index contributed by atoms with van der Waals surface area (Å²) in [6, 6.07) is 3.99. The van der Waals surface area contributed by atoms with Crippen LogP contribution in [0.5, 0.6) is 0 Å². The van der Waals surface area contributed by atoms with Gasteiger partial charge in [0.1, 0.15) is 5.82 Å². The summed E-state index contributed by atoms with van der Waals surface area (Å²) in [7, 11) is 0. The van der Waals surface area contributed by atoms with Gasteiger partial charge in [0.25, 0.3) is 5.89 Å². The van der Waals surface area contributed by atoms with Crippen LogP contribution < -0.4 is 4.90 Å². The molecule has 0 N–H and O–H groups in total. The predicted molar refractivity (Wildman–Crippen MR) is 93.0 cm³/mol. The molecule has 2 aliphatic heterocycles. The van der Waals surface area contributed by atoms with E-state index in [0.29, 0.717) is 30.0 Å². The van der Waals surface area contributed by atoms with Gasteiger partial charge < -0.3 is 14.3 Å². The Balaban J connectivity index is 1.41. The van der Waals surface area contributed by atoms with E-state index in [0.717, 1.165) is 50.4 Å². The molecule has 7 heteroatoms. The number of pyridine rings is 1. The van der Waals surface area contributed by atoms with Crippen molar-refractivity contribution in [2.45, 2.75) is 32.6 Å².